The third-order valence-corrected chi connectivity index (χ3v) is 5.77. The first-order chi connectivity index (χ1) is 9.20. The molecule has 2 fully saturated rings. The van der Waals surface area contributed by atoms with Crippen molar-refractivity contribution in [3.8, 4) is 0 Å². The molecule has 0 radical (unpaired) electrons. The van der Waals surface area contributed by atoms with Gasteiger partial charge in [-0.1, -0.05) is 27.7 Å². The van der Waals surface area contributed by atoms with Crippen LogP contribution in [0.3, 0.4) is 0 Å². The van der Waals surface area contributed by atoms with Gasteiger partial charge in [-0.05, 0) is 49.9 Å². The van der Waals surface area contributed by atoms with E-state index in [0.29, 0.717) is 10.8 Å². The molecule has 3 heteroatoms. The average Bonchev–Trinajstić information content (AvgIpc) is 2.92. The van der Waals surface area contributed by atoms with Crippen LogP contribution in [0.25, 0.3) is 0 Å². The van der Waals surface area contributed by atoms with Gasteiger partial charge in [0.05, 0.1) is 5.54 Å². The van der Waals surface area contributed by atoms with E-state index >= 15 is 0 Å². The highest BCUT2D eigenvalue weighted by molar-refractivity contribution is 7.09. The summed E-state index contributed by atoms with van der Waals surface area (Å²) < 4.78 is 0. The third kappa shape index (κ3) is 2.94. The second kappa shape index (κ2) is 4.54. The fraction of sp³-hybridized carbons (Fsp3) is 0.824. The van der Waals surface area contributed by atoms with E-state index in [2.05, 4.69) is 45.3 Å². The first-order valence-corrected chi connectivity index (χ1v) is 8.78. The molecule has 112 valence electrons. The Balaban J connectivity index is 2.00. The Morgan fingerprint density at radius 3 is 2.15 bits per heavy atom. The average molecular weight is 292 g/mol. The molecule has 1 heterocycles. The molecule has 2 nitrogen and oxygen atoms in total. The summed E-state index contributed by atoms with van der Waals surface area (Å²) >= 11 is 1.85. The molecule has 1 N–H and O–H groups in total. The molecule has 0 bridgehead atoms. The van der Waals surface area contributed by atoms with Crippen molar-refractivity contribution in [2.24, 2.45) is 10.8 Å². The largest absolute Gasteiger partial charge is 0.303 e. The van der Waals surface area contributed by atoms with E-state index in [0.717, 1.165) is 6.04 Å². The van der Waals surface area contributed by atoms with Crippen LogP contribution in [0.2, 0.25) is 0 Å². The van der Waals surface area contributed by atoms with Gasteiger partial charge in [0.1, 0.15) is 5.01 Å². The molecule has 0 amide bonds. The van der Waals surface area contributed by atoms with Crippen LogP contribution in [0.5, 0.6) is 0 Å². The lowest BCUT2D eigenvalue weighted by atomic mass is 9.58. The van der Waals surface area contributed by atoms with E-state index in [4.69, 9.17) is 4.98 Å². The van der Waals surface area contributed by atoms with Crippen molar-refractivity contribution in [2.75, 3.05) is 0 Å². The standard InChI is InChI=1S/C17H28N2S/c1-12-8-20-14(18-12)17(19-13-6-7-13)10-15(2,3)9-16(4,5)11-17/h8,13,19H,6-7,9-11H2,1-5H3. The summed E-state index contributed by atoms with van der Waals surface area (Å²) in [6.45, 7) is 11.8. The van der Waals surface area contributed by atoms with Gasteiger partial charge in [-0.3, -0.25) is 0 Å². The fourth-order valence-corrected chi connectivity index (χ4v) is 5.58. The van der Waals surface area contributed by atoms with Crippen molar-refractivity contribution in [1.29, 1.82) is 0 Å². The molecule has 0 atom stereocenters. The van der Waals surface area contributed by atoms with Crippen molar-refractivity contribution in [2.45, 2.75) is 78.3 Å². The number of rotatable bonds is 3. The second-order valence-electron chi connectivity index (χ2n) is 8.65. The SMILES string of the molecule is Cc1csc(C2(NC3CC3)CC(C)(C)CC(C)(C)C2)n1. The Hall–Kier alpha value is -0.410. The summed E-state index contributed by atoms with van der Waals surface area (Å²) in [5.41, 5.74) is 2.03. The summed E-state index contributed by atoms with van der Waals surface area (Å²) in [6.07, 6.45) is 6.41. The Morgan fingerprint density at radius 2 is 1.70 bits per heavy atom. The Morgan fingerprint density at radius 1 is 1.10 bits per heavy atom. The zero-order valence-electron chi connectivity index (χ0n) is 13.5. The van der Waals surface area contributed by atoms with E-state index < -0.39 is 0 Å². The Kier molecular flexibility index (Phi) is 3.30. The molecule has 2 aliphatic rings. The molecule has 2 saturated carbocycles. The lowest BCUT2D eigenvalue weighted by molar-refractivity contribution is 0.0246. The number of hydrogen-bond acceptors (Lipinski definition) is 3. The van der Waals surface area contributed by atoms with Gasteiger partial charge >= 0.3 is 0 Å². The molecule has 20 heavy (non-hydrogen) atoms. The van der Waals surface area contributed by atoms with Gasteiger partial charge < -0.3 is 5.32 Å². The van der Waals surface area contributed by atoms with Gasteiger partial charge in [-0.25, -0.2) is 4.98 Å². The van der Waals surface area contributed by atoms with Crippen LogP contribution in [-0.4, -0.2) is 11.0 Å². The van der Waals surface area contributed by atoms with E-state index in [1.54, 1.807) is 0 Å². The molecule has 0 unspecified atom stereocenters. The van der Waals surface area contributed by atoms with Crippen LogP contribution < -0.4 is 5.32 Å². The first kappa shape index (κ1) is 14.5. The lowest BCUT2D eigenvalue weighted by Crippen LogP contribution is -2.53. The number of aromatic nitrogens is 1. The highest BCUT2D eigenvalue weighted by Gasteiger charge is 2.51. The quantitative estimate of drug-likeness (QED) is 0.878. The number of hydrogen-bond donors (Lipinski definition) is 1. The Bertz CT molecular complexity index is 481. The van der Waals surface area contributed by atoms with Gasteiger partial charge in [-0.2, -0.15) is 0 Å². The minimum atomic E-state index is 0.103. The predicted molar refractivity (Wildman–Crippen MR) is 86.1 cm³/mol. The fourth-order valence-electron chi connectivity index (χ4n) is 4.62. The van der Waals surface area contributed by atoms with Crippen molar-refractivity contribution in [3.63, 3.8) is 0 Å². The maximum atomic E-state index is 4.87. The topological polar surface area (TPSA) is 24.9 Å². The zero-order valence-corrected chi connectivity index (χ0v) is 14.4. The van der Waals surface area contributed by atoms with Gasteiger partial charge in [0, 0.05) is 17.1 Å². The minimum absolute atomic E-state index is 0.103. The molecule has 3 rings (SSSR count). The van der Waals surface area contributed by atoms with E-state index in [-0.39, 0.29) is 5.54 Å². The van der Waals surface area contributed by atoms with Crippen LogP contribution in [-0.2, 0) is 5.54 Å². The second-order valence-corrected chi connectivity index (χ2v) is 9.51. The summed E-state index contributed by atoms with van der Waals surface area (Å²) in [5.74, 6) is 0. The van der Waals surface area contributed by atoms with Crippen molar-refractivity contribution in [1.82, 2.24) is 10.3 Å². The Labute approximate surface area is 127 Å². The number of nitrogens with one attached hydrogen (secondary N) is 1. The number of nitrogens with zero attached hydrogens (tertiary/aromatic N) is 1. The van der Waals surface area contributed by atoms with E-state index in [1.807, 2.05) is 11.3 Å². The molecule has 2 aliphatic carbocycles. The molecule has 1 aromatic rings. The van der Waals surface area contributed by atoms with Gasteiger partial charge in [0.2, 0.25) is 0 Å². The van der Waals surface area contributed by atoms with Gasteiger partial charge in [-0.15, -0.1) is 11.3 Å². The molecular formula is C17H28N2S. The van der Waals surface area contributed by atoms with Crippen molar-refractivity contribution >= 4 is 11.3 Å². The highest BCUT2D eigenvalue weighted by atomic mass is 32.1. The summed E-state index contributed by atoms with van der Waals surface area (Å²) in [7, 11) is 0. The summed E-state index contributed by atoms with van der Waals surface area (Å²) in [5, 5.41) is 7.53. The smallest absolute Gasteiger partial charge is 0.113 e. The molecule has 0 saturated heterocycles. The monoisotopic (exact) mass is 292 g/mol. The molecule has 0 aliphatic heterocycles. The van der Waals surface area contributed by atoms with E-state index in [9.17, 15) is 0 Å². The summed E-state index contributed by atoms with van der Waals surface area (Å²) in [6, 6.07) is 0.726. The van der Waals surface area contributed by atoms with E-state index in [1.165, 1.54) is 42.8 Å². The maximum absolute atomic E-state index is 4.87. The zero-order chi connectivity index (χ0) is 14.6. The summed E-state index contributed by atoms with van der Waals surface area (Å²) in [4.78, 5) is 4.87. The lowest BCUT2D eigenvalue weighted by Gasteiger charge is -2.51. The maximum Gasteiger partial charge on any atom is 0.113 e. The van der Waals surface area contributed by atoms with Crippen LogP contribution in [0.15, 0.2) is 5.38 Å². The van der Waals surface area contributed by atoms with Crippen LogP contribution in [0.4, 0.5) is 0 Å². The third-order valence-electron chi connectivity index (χ3n) is 4.60. The molecule has 0 spiro atoms. The van der Waals surface area contributed by atoms with Gasteiger partial charge in [0.25, 0.3) is 0 Å². The normalized spacial score (nSPS) is 27.4. The van der Waals surface area contributed by atoms with Crippen molar-refractivity contribution in [3.05, 3.63) is 16.1 Å². The number of aryl methyl sites for hydroxylation is 1. The van der Waals surface area contributed by atoms with Crippen molar-refractivity contribution < 1.29 is 0 Å². The molecule has 0 aromatic carbocycles. The first-order valence-electron chi connectivity index (χ1n) is 7.90. The van der Waals surface area contributed by atoms with Crippen LogP contribution in [0.1, 0.15) is 70.5 Å². The molecule has 1 aromatic heterocycles. The van der Waals surface area contributed by atoms with Gasteiger partial charge in [0.15, 0.2) is 0 Å². The van der Waals surface area contributed by atoms with Crippen LogP contribution >= 0.6 is 11.3 Å². The minimum Gasteiger partial charge on any atom is -0.303 e. The van der Waals surface area contributed by atoms with Crippen LogP contribution in [0, 0.1) is 17.8 Å². The highest BCUT2D eigenvalue weighted by Crippen LogP contribution is 2.55. The predicted octanol–water partition coefficient (Wildman–Crippen LogP) is 4.64. The molecular weight excluding hydrogens is 264 g/mol. The number of thiazole rings is 1.